The summed E-state index contributed by atoms with van der Waals surface area (Å²) in [6.45, 7) is 0.131. The van der Waals surface area contributed by atoms with Crippen LogP contribution < -0.4 is 0 Å². The third kappa shape index (κ3) is 1.58. The zero-order valence-corrected chi connectivity index (χ0v) is 6.73. The van der Waals surface area contributed by atoms with Crippen molar-refractivity contribution in [1.82, 2.24) is 4.90 Å². The predicted molar refractivity (Wildman–Crippen MR) is 42.7 cm³/mol. The SMILES string of the molecule is BC(=O)N1C[C@@H](O)C[C@H]1C(=O)O. The molecule has 1 fully saturated rings. The van der Waals surface area contributed by atoms with Crippen molar-refractivity contribution in [1.29, 1.82) is 0 Å². The van der Waals surface area contributed by atoms with Crippen molar-refractivity contribution in [3.05, 3.63) is 0 Å². The van der Waals surface area contributed by atoms with E-state index in [1.807, 2.05) is 0 Å². The number of carboxylic acids is 1. The molecule has 2 N–H and O–H groups in total. The summed E-state index contributed by atoms with van der Waals surface area (Å²) in [6, 6.07) is -0.850. The molecule has 1 aliphatic rings. The van der Waals surface area contributed by atoms with Crippen LogP contribution >= 0.6 is 0 Å². The maximum atomic E-state index is 10.9. The summed E-state index contributed by atoms with van der Waals surface area (Å²) < 4.78 is 0. The van der Waals surface area contributed by atoms with Crippen LogP contribution in [0.1, 0.15) is 6.42 Å². The zero-order chi connectivity index (χ0) is 9.30. The second kappa shape index (κ2) is 3.14. The molecule has 6 heteroatoms. The van der Waals surface area contributed by atoms with E-state index in [1.165, 1.54) is 12.7 Å². The van der Waals surface area contributed by atoms with Gasteiger partial charge in [-0.25, -0.2) is 4.79 Å². The van der Waals surface area contributed by atoms with Crippen LogP contribution in [0.2, 0.25) is 0 Å². The van der Waals surface area contributed by atoms with E-state index in [-0.39, 0.29) is 18.8 Å². The van der Waals surface area contributed by atoms with Gasteiger partial charge in [0, 0.05) is 13.0 Å². The second-order valence-electron chi connectivity index (χ2n) is 2.91. The van der Waals surface area contributed by atoms with Gasteiger partial charge < -0.3 is 15.1 Å². The minimum absolute atomic E-state index is 0.131. The van der Waals surface area contributed by atoms with Gasteiger partial charge in [-0.2, -0.15) is 0 Å². The lowest BCUT2D eigenvalue weighted by molar-refractivity contribution is -0.141. The van der Waals surface area contributed by atoms with Crippen molar-refractivity contribution in [2.45, 2.75) is 18.6 Å². The number of hydrogen-bond acceptors (Lipinski definition) is 3. The standard InChI is InChI=1S/C6H10BNO4/c7-6(12)8-2-3(9)1-4(8)5(10)11/h3-4,9H,1-2,7H2,(H,10,11)/t3-,4-/m0/s1. The van der Waals surface area contributed by atoms with Crippen molar-refractivity contribution >= 4 is 19.6 Å². The van der Waals surface area contributed by atoms with Gasteiger partial charge in [0.1, 0.15) is 6.04 Å². The Morgan fingerprint density at radius 2 is 2.08 bits per heavy atom. The van der Waals surface area contributed by atoms with Crippen LogP contribution in [0.15, 0.2) is 0 Å². The van der Waals surface area contributed by atoms with Gasteiger partial charge >= 0.3 is 5.97 Å². The molecule has 0 radical (unpaired) electrons. The zero-order valence-electron chi connectivity index (χ0n) is 6.73. The normalized spacial score (nSPS) is 28.9. The molecule has 1 aliphatic heterocycles. The summed E-state index contributed by atoms with van der Waals surface area (Å²) in [5.74, 6) is -1.36. The second-order valence-corrected chi connectivity index (χ2v) is 2.91. The summed E-state index contributed by atoms with van der Waals surface area (Å²) in [4.78, 5) is 22.6. The first kappa shape index (κ1) is 9.06. The number of aliphatic hydroxyl groups excluding tert-OH is 1. The fourth-order valence-corrected chi connectivity index (χ4v) is 1.40. The van der Waals surface area contributed by atoms with Gasteiger partial charge in [-0.15, -0.1) is 0 Å². The van der Waals surface area contributed by atoms with Gasteiger partial charge in [-0.05, 0) is 0 Å². The van der Waals surface area contributed by atoms with E-state index < -0.39 is 18.1 Å². The van der Waals surface area contributed by atoms with Crippen LogP contribution in [-0.2, 0) is 4.79 Å². The largest absolute Gasteiger partial charge is 0.480 e. The molecule has 5 nitrogen and oxygen atoms in total. The van der Waals surface area contributed by atoms with Crippen LogP contribution in [-0.4, -0.2) is 53.4 Å². The number of carbonyl (C=O) groups excluding carboxylic acids is 1. The van der Waals surface area contributed by atoms with E-state index in [0.29, 0.717) is 0 Å². The Hall–Kier alpha value is -1.04. The molecule has 0 aromatic rings. The number of carboxylic acid groups (broad SMARTS) is 1. The molecule has 0 aromatic heterocycles. The minimum Gasteiger partial charge on any atom is -0.480 e. The Kier molecular flexibility index (Phi) is 2.37. The molecule has 12 heavy (non-hydrogen) atoms. The highest BCUT2D eigenvalue weighted by atomic mass is 16.4. The first-order valence-electron chi connectivity index (χ1n) is 3.70. The smallest absolute Gasteiger partial charge is 0.326 e. The first-order chi connectivity index (χ1) is 5.52. The highest BCUT2D eigenvalue weighted by molar-refractivity contribution is 6.57. The first-order valence-corrected chi connectivity index (χ1v) is 3.70. The number of amides is 1. The van der Waals surface area contributed by atoms with Crippen LogP contribution in [0.5, 0.6) is 0 Å². The predicted octanol–water partition coefficient (Wildman–Crippen LogP) is -1.74. The van der Waals surface area contributed by atoms with Gasteiger partial charge in [-0.1, -0.05) is 0 Å². The Morgan fingerprint density at radius 1 is 1.50 bits per heavy atom. The molecule has 0 aliphatic carbocycles. The molecule has 1 amide bonds. The third-order valence-corrected chi connectivity index (χ3v) is 1.97. The van der Waals surface area contributed by atoms with Crippen LogP contribution in [0.25, 0.3) is 0 Å². The molecule has 0 unspecified atom stereocenters. The van der Waals surface area contributed by atoms with E-state index in [2.05, 4.69) is 0 Å². The summed E-state index contributed by atoms with van der Waals surface area (Å²) in [7, 11) is 1.30. The number of hydrogen-bond donors (Lipinski definition) is 2. The fraction of sp³-hybridized carbons (Fsp3) is 0.667. The molecule has 1 rings (SSSR count). The van der Waals surface area contributed by atoms with Crippen molar-refractivity contribution in [2.75, 3.05) is 6.54 Å². The number of rotatable bonds is 1. The minimum atomic E-state index is -1.05. The summed E-state index contributed by atoms with van der Waals surface area (Å²) >= 11 is 0. The molecule has 1 heterocycles. The Balaban J connectivity index is 2.72. The highest BCUT2D eigenvalue weighted by Gasteiger charge is 2.36. The molecule has 0 bridgehead atoms. The Labute approximate surface area is 70.4 Å². The fourth-order valence-electron chi connectivity index (χ4n) is 1.40. The molecular weight excluding hydrogens is 161 g/mol. The van der Waals surface area contributed by atoms with Gasteiger partial charge in [0.25, 0.3) is 0 Å². The topological polar surface area (TPSA) is 77.8 Å². The van der Waals surface area contributed by atoms with E-state index in [1.54, 1.807) is 0 Å². The average Bonchev–Trinajstić information content (AvgIpc) is 2.31. The maximum Gasteiger partial charge on any atom is 0.326 e. The molecule has 1 saturated heterocycles. The van der Waals surface area contributed by atoms with Crippen LogP contribution in [0, 0.1) is 0 Å². The number of nitrogens with zero attached hydrogens (tertiary/aromatic N) is 1. The molecule has 66 valence electrons. The number of β-amino-alcohol motifs (C(OH)–C–C–N with tert-alkyl or cyclic N) is 1. The number of aliphatic hydroxyl groups is 1. The van der Waals surface area contributed by atoms with E-state index in [9.17, 15) is 9.59 Å². The lowest BCUT2D eigenvalue weighted by atomic mass is 10.1. The van der Waals surface area contributed by atoms with E-state index in [4.69, 9.17) is 10.2 Å². The maximum absolute atomic E-state index is 10.9. The average molecular weight is 171 g/mol. The highest BCUT2D eigenvalue weighted by Crippen LogP contribution is 2.17. The van der Waals surface area contributed by atoms with Crippen molar-refractivity contribution in [3.8, 4) is 0 Å². The molecule has 0 saturated carbocycles. The van der Waals surface area contributed by atoms with Crippen molar-refractivity contribution < 1.29 is 19.8 Å². The van der Waals surface area contributed by atoms with Crippen molar-refractivity contribution in [3.63, 3.8) is 0 Å². The monoisotopic (exact) mass is 171 g/mol. The lowest BCUT2D eigenvalue weighted by Crippen LogP contribution is -2.39. The van der Waals surface area contributed by atoms with Gasteiger partial charge in [0.05, 0.1) is 6.10 Å². The van der Waals surface area contributed by atoms with Gasteiger partial charge in [0.2, 0.25) is 7.85 Å². The lowest BCUT2D eigenvalue weighted by Gasteiger charge is -2.18. The molecule has 0 aromatic carbocycles. The van der Waals surface area contributed by atoms with Crippen LogP contribution in [0.4, 0.5) is 4.79 Å². The number of carbonyl (C=O) groups is 2. The van der Waals surface area contributed by atoms with Gasteiger partial charge in [-0.3, -0.25) is 4.79 Å². The van der Waals surface area contributed by atoms with Gasteiger partial charge in [0.15, 0.2) is 5.81 Å². The van der Waals surface area contributed by atoms with E-state index >= 15 is 0 Å². The number of likely N-dealkylation sites (tertiary alicyclic amines) is 1. The Morgan fingerprint density at radius 3 is 2.42 bits per heavy atom. The summed E-state index contributed by atoms with van der Waals surface area (Å²) in [5.41, 5.74) is 0. The van der Waals surface area contributed by atoms with Crippen molar-refractivity contribution in [2.24, 2.45) is 0 Å². The quantitative estimate of drug-likeness (QED) is 0.459. The van der Waals surface area contributed by atoms with Crippen LogP contribution in [0.3, 0.4) is 0 Å². The Bertz CT molecular complexity index is 198. The van der Waals surface area contributed by atoms with E-state index in [0.717, 1.165) is 0 Å². The summed E-state index contributed by atoms with van der Waals surface area (Å²) in [5, 5.41) is 17.8. The third-order valence-electron chi connectivity index (χ3n) is 1.97. The summed E-state index contributed by atoms with van der Waals surface area (Å²) in [6.07, 6.45) is -0.565. The molecule has 0 spiro atoms. The molecule has 2 atom stereocenters. The molecular formula is C6H10BNO4. The number of aliphatic carboxylic acids is 1.